The van der Waals surface area contributed by atoms with Gasteiger partial charge in [0.05, 0.1) is 17.0 Å². The van der Waals surface area contributed by atoms with Crippen LogP contribution in [0, 0.1) is 5.41 Å². The van der Waals surface area contributed by atoms with Crippen LogP contribution in [0.15, 0.2) is 24.3 Å². The third-order valence-electron chi connectivity index (χ3n) is 3.94. The molecule has 4 nitrogen and oxygen atoms in total. The maximum absolute atomic E-state index is 12.3. The van der Waals surface area contributed by atoms with E-state index in [9.17, 15) is 4.79 Å². The third-order valence-corrected chi connectivity index (χ3v) is 4.25. The summed E-state index contributed by atoms with van der Waals surface area (Å²) in [4.78, 5) is 12.3. The molecule has 0 spiro atoms. The van der Waals surface area contributed by atoms with Crippen molar-refractivity contribution in [3.8, 4) is 5.75 Å². The zero-order chi connectivity index (χ0) is 15.9. The summed E-state index contributed by atoms with van der Waals surface area (Å²) in [5.41, 5.74) is 5.29. The largest absolute Gasteiger partial charge is 0.487 e. The first-order valence-corrected chi connectivity index (χ1v) is 7.76. The van der Waals surface area contributed by atoms with Crippen molar-refractivity contribution in [3.05, 3.63) is 29.3 Å². The van der Waals surface area contributed by atoms with E-state index in [1.165, 1.54) is 0 Å². The second-order valence-electron chi connectivity index (χ2n) is 5.26. The molecular formula is C16H26Cl2N2O2. The van der Waals surface area contributed by atoms with Gasteiger partial charge >= 0.3 is 0 Å². The number of benzene rings is 1. The van der Waals surface area contributed by atoms with Crippen LogP contribution in [0.1, 0.15) is 33.6 Å². The number of halogens is 2. The van der Waals surface area contributed by atoms with Gasteiger partial charge in [0.2, 0.25) is 5.91 Å². The molecule has 0 aliphatic carbocycles. The molecule has 0 bridgehead atoms. The van der Waals surface area contributed by atoms with Crippen molar-refractivity contribution in [2.75, 3.05) is 13.1 Å². The molecule has 1 amide bonds. The van der Waals surface area contributed by atoms with E-state index in [0.717, 1.165) is 12.8 Å². The Hall–Kier alpha value is -0.970. The van der Waals surface area contributed by atoms with Crippen molar-refractivity contribution in [2.45, 2.75) is 39.7 Å². The lowest BCUT2D eigenvalue weighted by Crippen LogP contribution is -2.47. The minimum Gasteiger partial charge on any atom is -0.487 e. The molecule has 0 radical (unpaired) electrons. The number of amides is 1. The average molecular weight is 349 g/mol. The summed E-state index contributed by atoms with van der Waals surface area (Å²) in [6, 6.07) is 7.29. The molecule has 0 saturated heterocycles. The van der Waals surface area contributed by atoms with E-state index in [1.807, 2.05) is 39.0 Å². The number of hydrogen-bond donors (Lipinski definition) is 2. The Bertz CT molecular complexity index is 457. The monoisotopic (exact) mass is 348 g/mol. The second-order valence-corrected chi connectivity index (χ2v) is 5.67. The predicted octanol–water partition coefficient (Wildman–Crippen LogP) is 3.41. The number of nitrogens with two attached hydrogens (primary N) is 1. The lowest BCUT2D eigenvalue weighted by Gasteiger charge is -2.29. The Morgan fingerprint density at radius 1 is 1.36 bits per heavy atom. The number of carbonyl (C=O) groups is 1. The molecule has 126 valence electrons. The second kappa shape index (κ2) is 9.93. The normalized spacial score (nSPS) is 12.2. The quantitative estimate of drug-likeness (QED) is 0.756. The Morgan fingerprint density at radius 2 is 1.95 bits per heavy atom. The standard InChI is InChI=1S/C16H25ClN2O2.ClH/c1-4-16(5-2,11-18)15(20)19-10-12(3)21-14-9-7-6-8-13(14)17;/h6-9,12H,4-5,10-11,18H2,1-3H3,(H,19,20);1H. The van der Waals surface area contributed by atoms with Crippen molar-refractivity contribution >= 4 is 29.9 Å². The maximum atomic E-state index is 12.3. The number of para-hydroxylation sites is 1. The Labute approximate surface area is 144 Å². The summed E-state index contributed by atoms with van der Waals surface area (Å²) in [6.45, 7) is 6.64. The van der Waals surface area contributed by atoms with Crippen LogP contribution in [-0.2, 0) is 4.79 Å². The number of hydrogen-bond acceptors (Lipinski definition) is 3. The van der Waals surface area contributed by atoms with E-state index in [0.29, 0.717) is 23.9 Å². The Morgan fingerprint density at radius 3 is 2.45 bits per heavy atom. The van der Waals surface area contributed by atoms with Crippen LogP contribution in [0.2, 0.25) is 5.02 Å². The van der Waals surface area contributed by atoms with Gasteiger partial charge < -0.3 is 15.8 Å². The summed E-state index contributed by atoms with van der Waals surface area (Å²) < 4.78 is 5.73. The summed E-state index contributed by atoms with van der Waals surface area (Å²) in [5, 5.41) is 3.49. The molecule has 1 aromatic carbocycles. The number of carbonyl (C=O) groups excluding carboxylic acids is 1. The predicted molar refractivity (Wildman–Crippen MR) is 93.9 cm³/mol. The van der Waals surface area contributed by atoms with Crippen LogP contribution >= 0.6 is 24.0 Å². The van der Waals surface area contributed by atoms with Gasteiger partial charge in [-0.1, -0.05) is 37.6 Å². The lowest BCUT2D eigenvalue weighted by molar-refractivity contribution is -0.131. The molecule has 1 unspecified atom stereocenters. The number of ether oxygens (including phenoxy) is 1. The smallest absolute Gasteiger partial charge is 0.227 e. The Balaban J connectivity index is 0.00000441. The zero-order valence-corrected chi connectivity index (χ0v) is 15.0. The van der Waals surface area contributed by atoms with Gasteiger partial charge in [0.15, 0.2) is 0 Å². The fourth-order valence-corrected chi connectivity index (χ4v) is 2.36. The van der Waals surface area contributed by atoms with Crippen molar-refractivity contribution in [2.24, 2.45) is 11.1 Å². The third kappa shape index (κ3) is 5.34. The SMILES string of the molecule is CCC(CC)(CN)C(=O)NCC(C)Oc1ccccc1Cl.Cl. The molecule has 3 N–H and O–H groups in total. The van der Waals surface area contributed by atoms with E-state index in [1.54, 1.807) is 6.07 Å². The van der Waals surface area contributed by atoms with Gasteiger partial charge in [-0.15, -0.1) is 12.4 Å². The van der Waals surface area contributed by atoms with Crippen molar-refractivity contribution < 1.29 is 9.53 Å². The fourth-order valence-electron chi connectivity index (χ4n) is 2.18. The number of nitrogens with one attached hydrogen (secondary N) is 1. The number of rotatable bonds is 8. The van der Waals surface area contributed by atoms with E-state index in [2.05, 4.69) is 5.32 Å². The molecule has 0 aliphatic heterocycles. The van der Waals surface area contributed by atoms with E-state index < -0.39 is 5.41 Å². The minimum atomic E-state index is -0.482. The van der Waals surface area contributed by atoms with Gasteiger partial charge in [0.25, 0.3) is 0 Å². The van der Waals surface area contributed by atoms with Gasteiger partial charge in [-0.3, -0.25) is 4.79 Å². The highest BCUT2D eigenvalue weighted by Crippen LogP contribution is 2.26. The zero-order valence-electron chi connectivity index (χ0n) is 13.4. The first-order valence-electron chi connectivity index (χ1n) is 7.38. The molecule has 22 heavy (non-hydrogen) atoms. The summed E-state index contributed by atoms with van der Waals surface area (Å²) in [7, 11) is 0. The molecule has 0 fully saturated rings. The highest BCUT2D eigenvalue weighted by Gasteiger charge is 2.33. The van der Waals surface area contributed by atoms with Gasteiger partial charge in [0, 0.05) is 6.54 Å². The van der Waals surface area contributed by atoms with Crippen LogP contribution in [0.5, 0.6) is 5.75 Å². The van der Waals surface area contributed by atoms with Crippen LogP contribution in [0.3, 0.4) is 0 Å². The minimum absolute atomic E-state index is 0. The summed E-state index contributed by atoms with van der Waals surface area (Å²) >= 11 is 6.04. The lowest BCUT2D eigenvalue weighted by atomic mass is 9.81. The Kier molecular flexibility index (Phi) is 9.49. The molecular weight excluding hydrogens is 323 g/mol. The summed E-state index contributed by atoms with van der Waals surface area (Å²) in [6.07, 6.45) is 1.29. The van der Waals surface area contributed by atoms with Crippen LogP contribution in [0.4, 0.5) is 0 Å². The topological polar surface area (TPSA) is 64.4 Å². The molecule has 0 heterocycles. The van der Waals surface area contributed by atoms with E-state index in [-0.39, 0.29) is 24.4 Å². The van der Waals surface area contributed by atoms with E-state index in [4.69, 9.17) is 22.1 Å². The van der Waals surface area contributed by atoms with Crippen LogP contribution < -0.4 is 15.8 Å². The van der Waals surface area contributed by atoms with Gasteiger partial charge in [0.1, 0.15) is 11.9 Å². The van der Waals surface area contributed by atoms with Crippen molar-refractivity contribution in [1.82, 2.24) is 5.32 Å². The van der Waals surface area contributed by atoms with Crippen molar-refractivity contribution in [3.63, 3.8) is 0 Å². The average Bonchev–Trinajstić information content (AvgIpc) is 2.50. The van der Waals surface area contributed by atoms with Crippen LogP contribution in [-0.4, -0.2) is 25.1 Å². The van der Waals surface area contributed by atoms with Gasteiger partial charge in [-0.2, -0.15) is 0 Å². The molecule has 0 aliphatic rings. The first-order chi connectivity index (χ1) is 9.99. The summed E-state index contributed by atoms with van der Waals surface area (Å²) in [5.74, 6) is 0.613. The molecule has 1 aromatic rings. The molecule has 0 saturated carbocycles. The molecule has 6 heteroatoms. The highest BCUT2D eigenvalue weighted by molar-refractivity contribution is 6.32. The van der Waals surface area contributed by atoms with Crippen LogP contribution in [0.25, 0.3) is 0 Å². The molecule has 0 aromatic heterocycles. The first kappa shape index (κ1) is 21.0. The van der Waals surface area contributed by atoms with Gasteiger partial charge in [-0.25, -0.2) is 0 Å². The fraction of sp³-hybridized carbons (Fsp3) is 0.562. The maximum Gasteiger partial charge on any atom is 0.227 e. The molecule has 1 rings (SSSR count). The molecule has 1 atom stereocenters. The van der Waals surface area contributed by atoms with Gasteiger partial charge in [-0.05, 0) is 31.9 Å². The van der Waals surface area contributed by atoms with E-state index >= 15 is 0 Å². The highest BCUT2D eigenvalue weighted by atomic mass is 35.5. The van der Waals surface area contributed by atoms with Crippen molar-refractivity contribution in [1.29, 1.82) is 0 Å².